The van der Waals surface area contributed by atoms with E-state index in [2.05, 4.69) is 160 Å². The zero-order chi connectivity index (χ0) is 57.7. The Bertz CT molecular complexity index is 1840. The van der Waals surface area contributed by atoms with Crippen molar-refractivity contribution >= 4 is 19.8 Å². The molecule has 0 saturated heterocycles. The number of phosphoric acid groups is 1. The summed E-state index contributed by atoms with van der Waals surface area (Å²) in [7, 11) is 1.43. The van der Waals surface area contributed by atoms with E-state index < -0.39 is 26.5 Å². The Kier molecular flexibility index (Phi) is 55.5. The van der Waals surface area contributed by atoms with E-state index in [1.165, 1.54) is 70.6 Å². The lowest BCUT2D eigenvalue weighted by molar-refractivity contribution is -0.870. The van der Waals surface area contributed by atoms with Crippen LogP contribution in [-0.2, 0) is 32.7 Å². The first-order valence-electron chi connectivity index (χ1n) is 31.1. The molecule has 0 rings (SSSR count). The van der Waals surface area contributed by atoms with Gasteiger partial charge in [-0.05, 0) is 122 Å². The number of likely N-dealkylation sites (N-methyl/N-ethyl adjacent to an activating group) is 1. The molecule has 0 aromatic rings. The summed E-state index contributed by atoms with van der Waals surface area (Å²) in [5, 5.41) is 0. The SMILES string of the molecule is CC/C=C\C/C=C\C/C=C\C/C=C\C/C=C\C/C=C\C/C=C\C/C=C\C/C=C\C/C=C\C/C=C\CCCCCC(=O)OC(COC(=O)CCCCCCCCC/C=C\CCCCCCCCC)COP(=O)(O)OCC[N+](C)(C)C. The standard InChI is InChI=1S/C69H114NO8P/c1-6-8-10-12-14-16-18-20-22-24-26-27-28-29-30-31-32-33-34-35-36-37-38-39-40-41-42-43-44-46-48-50-52-54-56-58-60-62-69(72)78-67(66-77-79(73,74)76-64-63-70(3,4)5)65-75-68(71)61-59-57-55-53-51-49-47-45-25-23-21-19-17-15-13-11-9-7-2/h8,10,14,16,20,22-23,25-27,29-30,32-33,35-36,38-39,41-42,44,46,50,52,67H,6-7,9,11-13,15,17-19,21,24,28,31,34,37,40,43,45,47-49,51,53-66H2,1-5H3/p+1/b10-8-,16-14-,22-20-,25-23-,27-26-,30-29-,33-32-,36-35-,39-38-,42-41-,46-44-,52-50-. The number of allylic oxidation sites excluding steroid dienone is 24. The molecule has 0 spiro atoms. The molecule has 2 unspecified atom stereocenters. The Morgan fingerprint density at radius 2 is 0.722 bits per heavy atom. The van der Waals surface area contributed by atoms with Gasteiger partial charge in [0.25, 0.3) is 0 Å². The van der Waals surface area contributed by atoms with E-state index in [4.69, 9.17) is 18.5 Å². The number of ether oxygens (including phenoxy) is 2. The number of carbonyl (C=O) groups is 2. The number of unbranched alkanes of at least 4 members (excludes halogenated alkanes) is 17. The molecule has 0 amide bonds. The number of nitrogens with zero attached hydrogens (tertiary/aromatic N) is 1. The predicted octanol–water partition coefficient (Wildman–Crippen LogP) is 19.9. The number of hydrogen-bond acceptors (Lipinski definition) is 7. The van der Waals surface area contributed by atoms with Crippen molar-refractivity contribution in [2.24, 2.45) is 0 Å². The minimum Gasteiger partial charge on any atom is -0.462 e. The summed E-state index contributed by atoms with van der Waals surface area (Å²) >= 11 is 0. The maximum atomic E-state index is 12.8. The van der Waals surface area contributed by atoms with Crippen molar-refractivity contribution < 1.29 is 42.1 Å². The van der Waals surface area contributed by atoms with Crippen LogP contribution in [0.3, 0.4) is 0 Å². The van der Waals surface area contributed by atoms with Gasteiger partial charge < -0.3 is 18.9 Å². The molecule has 0 aromatic carbocycles. The van der Waals surface area contributed by atoms with Crippen molar-refractivity contribution in [3.63, 3.8) is 0 Å². The van der Waals surface area contributed by atoms with E-state index in [-0.39, 0.29) is 32.0 Å². The Morgan fingerprint density at radius 3 is 1.10 bits per heavy atom. The van der Waals surface area contributed by atoms with Crippen molar-refractivity contribution in [2.45, 2.75) is 232 Å². The van der Waals surface area contributed by atoms with Crippen molar-refractivity contribution in [3.05, 3.63) is 146 Å². The second-order valence-electron chi connectivity index (χ2n) is 21.4. The Balaban J connectivity index is 4.25. The monoisotopic (exact) mass is 1120 g/mol. The van der Waals surface area contributed by atoms with Gasteiger partial charge in [-0.3, -0.25) is 18.6 Å². The van der Waals surface area contributed by atoms with E-state index >= 15 is 0 Å². The smallest absolute Gasteiger partial charge is 0.462 e. The van der Waals surface area contributed by atoms with E-state index in [0.717, 1.165) is 122 Å². The van der Waals surface area contributed by atoms with Gasteiger partial charge in [-0.25, -0.2) is 4.57 Å². The molecule has 0 fully saturated rings. The zero-order valence-corrected chi connectivity index (χ0v) is 51.7. The number of phosphoric ester groups is 1. The first-order chi connectivity index (χ1) is 38.5. The van der Waals surface area contributed by atoms with Crippen LogP contribution >= 0.6 is 7.82 Å². The summed E-state index contributed by atoms with van der Waals surface area (Å²) in [5.74, 6) is -0.850. The van der Waals surface area contributed by atoms with Gasteiger partial charge >= 0.3 is 19.8 Å². The van der Waals surface area contributed by atoms with E-state index in [0.29, 0.717) is 17.4 Å². The van der Waals surface area contributed by atoms with Crippen LogP contribution in [0.4, 0.5) is 0 Å². The first-order valence-corrected chi connectivity index (χ1v) is 32.6. The largest absolute Gasteiger partial charge is 0.472 e. The number of carbonyl (C=O) groups excluding carboxylic acids is 2. The molecule has 9 nitrogen and oxygen atoms in total. The molecule has 0 bridgehead atoms. The molecule has 0 aliphatic carbocycles. The lowest BCUT2D eigenvalue weighted by atomic mass is 10.1. The zero-order valence-electron chi connectivity index (χ0n) is 50.8. The fourth-order valence-corrected chi connectivity index (χ4v) is 8.58. The summed E-state index contributed by atoms with van der Waals surface area (Å²) in [4.78, 5) is 35.7. The molecule has 2 atom stereocenters. The fraction of sp³-hybridized carbons (Fsp3) is 0.623. The molecule has 0 aliphatic heterocycles. The normalized spacial score (nSPS) is 14.3. The third kappa shape index (κ3) is 62.9. The van der Waals surface area contributed by atoms with Crippen LogP contribution in [0.2, 0.25) is 0 Å². The van der Waals surface area contributed by atoms with Crippen LogP contribution in [0.5, 0.6) is 0 Å². The Morgan fingerprint density at radius 1 is 0.405 bits per heavy atom. The van der Waals surface area contributed by atoms with E-state index in [1.807, 2.05) is 21.1 Å². The minimum absolute atomic E-state index is 0.0166. The maximum Gasteiger partial charge on any atom is 0.472 e. The van der Waals surface area contributed by atoms with Gasteiger partial charge in [0.2, 0.25) is 0 Å². The van der Waals surface area contributed by atoms with Gasteiger partial charge in [-0.1, -0.05) is 237 Å². The Labute approximate surface area is 484 Å². The van der Waals surface area contributed by atoms with Crippen LogP contribution in [0.15, 0.2) is 146 Å². The molecule has 448 valence electrons. The molecule has 10 heteroatoms. The van der Waals surface area contributed by atoms with Crippen LogP contribution in [0.1, 0.15) is 226 Å². The summed E-state index contributed by atoms with van der Waals surface area (Å²) in [5.41, 5.74) is 0. The third-order valence-corrected chi connectivity index (χ3v) is 13.6. The number of quaternary nitrogens is 1. The quantitative estimate of drug-likeness (QED) is 0.0211. The van der Waals surface area contributed by atoms with Gasteiger partial charge in [0.1, 0.15) is 19.8 Å². The molecule has 0 saturated carbocycles. The van der Waals surface area contributed by atoms with Gasteiger partial charge in [-0.15, -0.1) is 0 Å². The van der Waals surface area contributed by atoms with Crippen molar-refractivity contribution in [1.29, 1.82) is 0 Å². The minimum atomic E-state index is -4.41. The van der Waals surface area contributed by atoms with Crippen LogP contribution in [-0.4, -0.2) is 74.9 Å². The lowest BCUT2D eigenvalue weighted by Crippen LogP contribution is -2.37. The highest BCUT2D eigenvalue weighted by atomic mass is 31.2. The molecule has 79 heavy (non-hydrogen) atoms. The Hall–Kier alpha value is -4.11. The highest BCUT2D eigenvalue weighted by Gasteiger charge is 2.27. The molecule has 1 N–H and O–H groups in total. The molecule has 0 aromatic heterocycles. The third-order valence-electron chi connectivity index (χ3n) is 12.6. The summed E-state index contributed by atoms with van der Waals surface area (Å²) < 4.78 is 34.5. The van der Waals surface area contributed by atoms with Gasteiger partial charge in [0, 0.05) is 12.8 Å². The van der Waals surface area contributed by atoms with Crippen molar-refractivity contribution in [3.8, 4) is 0 Å². The lowest BCUT2D eigenvalue weighted by Gasteiger charge is -2.24. The summed E-state index contributed by atoms with van der Waals surface area (Å²) in [6.45, 7) is 4.26. The second kappa shape index (κ2) is 58.5. The molecule has 0 aliphatic rings. The van der Waals surface area contributed by atoms with Crippen LogP contribution < -0.4 is 0 Å². The summed E-state index contributed by atoms with van der Waals surface area (Å²) in [6.07, 6.45) is 86.4. The molecule has 0 radical (unpaired) electrons. The average molecular weight is 1120 g/mol. The van der Waals surface area contributed by atoms with E-state index in [1.54, 1.807) is 0 Å². The number of rotatable bonds is 55. The summed E-state index contributed by atoms with van der Waals surface area (Å²) in [6, 6.07) is 0. The van der Waals surface area contributed by atoms with Gasteiger partial charge in [0.05, 0.1) is 27.7 Å². The van der Waals surface area contributed by atoms with Gasteiger partial charge in [0.15, 0.2) is 6.10 Å². The molecular formula is C69H115NO8P+. The fourth-order valence-electron chi connectivity index (χ4n) is 7.84. The highest BCUT2D eigenvalue weighted by Crippen LogP contribution is 2.43. The van der Waals surface area contributed by atoms with E-state index in [9.17, 15) is 19.0 Å². The number of hydrogen-bond donors (Lipinski definition) is 1. The number of esters is 2. The van der Waals surface area contributed by atoms with Crippen LogP contribution in [0.25, 0.3) is 0 Å². The highest BCUT2D eigenvalue weighted by molar-refractivity contribution is 7.47. The van der Waals surface area contributed by atoms with Crippen molar-refractivity contribution in [1.82, 2.24) is 0 Å². The topological polar surface area (TPSA) is 108 Å². The van der Waals surface area contributed by atoms with Crippen LogP contribution in [0, 0.1) is 0 Å². The predicted molar refractivity (Wildman–Crippen MR) is 339 cm³/mol. The van der Waals surface area contributed by atoms with Crippen molar-refractivity contribution in [2.75, 3.05) is 47.5 Å². The maximum absolute atomic E-state index is 12.8. The second-order valence-corrected chi connectivity index (χ2v) is 22.8. The first kappa shape index (κ1) is 74.9. The molecule has 0 heterocycles. The molecular weight excluding hydrogens is 1000 g/mol. The van der Waals surface area contributed by atoms with Gasteiger partial charge in [-0.2, -0.15) is 0 Å². The average Bonchev–Trinajstić information content (AvgIpc) is 3.41.